The fourth-order valence-corrected chi connectivity index (χ4v) is 3.25. The number of fused-ring (bicyclic) bond motifs is 1. The summed E-state index contributed by atoms with van der Waals surface area (Å²) in [6, 6.07) is 16.9. The molecule has 0 spiro atoms. The minimum atomic E-state index is -0.205. The fourth-order valence-electron chi connectivity index (χ4n) is 3.25. The molecule has 0 saturated carbocycles. The van der Waals surface area contributed by atoms with Gasteiger partial charge < -0.3 is 24.8 Å². The number of carbonyl (C=O) groups excluding carboxylic acids is 2. The Morgan fingerprint density at radius 3 is 2.13 bits per heavy atom. The maximum absolute atomic E-state index is 12.4. The Kier molecular flexibility index (Phi) is 7.32. The Bertz CT molecular complexity index is 1060. The molecule has 0 fully saturated rings. The Morgan fingerprint density at radius 2 is 1.48 bits per heavy atom. The summed E-state index contributed by atoms with van der Waals surface area (Å²) in [5.41, 5.74) is 1.37. The normalized spacial score (nSPS) is 10.4. The molecule has 7 heteroatoms. The fraction of sp³-hybridized carbons (Fsp3) is 0.250. The Hall–Kier alpha value is -3.74. The maximum Gasteiger partial charge on any atom is 0.251 e. The van der Waals surface area contributed by atoms with Crippen molar-refractivity contribution in [1.82, 2.24) is 10.6 Å². The van der Waals surface area contributed by atoms with E-state index in [2.05, 4.69) is 10.6 Å². The van der Waals surface area contributed by atoms with Gasteiger partial charge in [0.2, 0.25) is 11.7 Å². The SMILES string of the molecule is COc1cc(CNC(=O)CCNC(=O)c2ccc3ccccc3c2)cc(OC)c1OC. The summed E-state index contributed by atoms with van der Waals surface area (Å²) in [5, 5.41) is 7.70. The van der Waals surface area contributed by atoms with Crippen molar-refractivity contribution in [3.63, 3.8) is 0 Å². The van der Waals surface area contributed by atoms with Gasteiger partial charge in [-0.2, -0.15) is 0 Å². The topological polar surface area (TPSA) is 85.9 Å². The number of ether oxygens (including phenoxy) is 3. The number of carbonyl (C=O) groups is 2. The number of nitrogens with one attached hydrogen (secondary N) is 2. The molecule has 0 saturated heterocycles. The van der Waals surface area contributed by atoms with Crippen molar-refractivity contribution in [2.75, 3.05) is 27.9 Å². The van der Waals surface area contributed by atoms with Gasteiger partial charge in [0.1, 0.15) is 0 Å². The van der Waals surface area contributed by atoms with Crippen LogP contribution < -0.4 is 24.8 Å². The van der Waals surface area contributed by atoms with E-state index in [1.807, 2.05) is 36.4 Å². The minimum absolute atomic E-state index is 0.170. The molecule has 0 bridgehead atoms. The molecule has 3 aromatic carbocycles. The highest BCUT2D eigenvalue weighted by Crippen LogP contribution is 2.38. The second-order valence-electron chi connectivity index (χ2n) is 6.88. The van der Waals surface area contributed by atoms with Crippen LogP contribution in [0.15, 0.2) is 54.6 Å². The molecular weight excluding hydrogens is 396 g/mol. The van der Waals surface area contributed by atoms with E-state index in [1.54, 1.807) is 18.2 Å². The van der Waals surface area contributed by atoms with E-state index < -0.39 is 0 Å². The zero-order valence-electron chi connectivity index (χ0n) is 17.9. The number of benzene rings is 3. The highest BCUT2D eigenvalue weighted by Gasteiger charge is 2.14. The molecular formula is C24H26N2O5. The molecule has 7 nitrogen and oxygen atoms in total. The summed E-state index contributed by atoms with van der Waals surface area (Å²) in [7, 11) is 4.61. The van der Waals surface area contributed by atoms with Crippen molar-refractivity contribution in [3.05, 3.63) is 65.7 Å². The van der Waals surface area contributed by atoms with E-state index in [9.17, 15) is 9.59 Å². The molecule has 0 heterocycles. The van der Waals surface area contributed by atoms with Crippen LogP contribution in [-0.4, -0.2) is 39.7 Å². The summed E-state index contributed by atoms with van der Waals surface area (Å²) in [4.78, 5) is 24.6. The van der Waals surface area contributed by atoms with Crippen LogP contribution in [0.2, 0.25) is 0 Å². The van der Waals surface area contributed by atoms with Gasteiger partial charge in [-0.15, -0.1) is 0 Å². The Morgan fingerprint density at radius 1 is 0.806 bits per heavy atom. The predicted octanol–water partition coefficient (Wildman–Crippen LogP) is 3.30. The molecule has 0 aliphatic rings. The van der Waals surface area contributed by atoms with E-state index in [1.165, 1.54) is 21.3 Å². The third-order valence-electron chi connectivity index (χ3n) is 4.86. The van der Waals surface area contributed by atoms with Gasteiger partial charge in [-0.05, 0) is 40.6 Å². The van der Waals surface area contributed by atoms with E-state index in [-0.39, 0.29) is 24.8 Å². The van der Waals surface area contributed by atoms with Gasteiger partial charge >= 0.3 is 0 Å². The molecule has 2 N–H and O–H groups in total. The van der Waals surface area contributed by atoms with Crippen molar-refractivity contribution in [1.29, 1.82) is 0 Å². The number of rotatable bonds is 9. The number of amides is 2. The molecule has 0 aliphatic heterocycles. The molecule has 3 aromatic rings. The van der Waals surface area contributed by atoms with Crippen LogP contribution in [0.3, 0.4) is 0 Å². The third-order valence-corrected chi connectivity index (χ3v) is 4.86. The monoisotopic (exact) mass is 422 g/mol. The van der Waals surface area contributed by atoms with Crippen LogP contribution in [0.4, 0.5) is 0 Å². The second kappa shape index (κ2) is 10.3. The predicted molar refractivity (Wildman–Crippen MR) is 119 cm³/mol. The van der Waals surface area contributed by atoms with Gasteiger partial charge in [0.25, 0.3) is 5.91 Å². The van der Waals surface area contributed by atoms with E-state index in [0.29, 0.717) is 29.4 Å². The minimum Gasteiger partial charge on any atom is -0.493 e. The van der Waals surface area contributed by atoms with Gasteiger partial charge in [0, 0.05) is 25.1 Å². The standard InChI is InChI=1S/C24H26N2O5/c1-29-20-12-16(13-21(30-2)23(20)31-3)15-26-22(27)10-11-25-24(28)19-9-8-17-6-4-5-7-18(17)14-19/h4-9,12-14H,10-11,15H2,1-3H3,(H,25,28)(H,26,27). The van der Waals surface area contributed by atoms with Crippen LogP contribution in [-0.2, 0) is 11.3 Å². The smallest absolute Gasteiger partial charge is 0.251 e. The van der Waals surface area contributed by atoms with Crippen molar-refractivity contribution < 1.29 is 23.8 Å². The average Bonchev–Trinajstić information content (AvgIpc) is 2.81. The number of hydrogen-bond acceptors (Lipinski definition) is 5. The molecule has 31 heavy (non-hydrogen) atoms. The van der Waals surface area contributed by atoms with Crippen LogP contribution in [0, 0.1) is 0 Å². The van der Waals surface area contributed by atoms with Crippen LogP contribution >= 0.6 is 0 Å². The summed E-state index contributed by atoms with van der Waals surface area (Å²) in [6.07, 6.45) is 0.170. The van der Waals surface area contributed by atoms with Crippen molar-refractivity contribution in [2.24, 2.45) is 0 Å². The van der Waals surface area contributed by atoms with Gasteiger partial charge in [0.05, 0.1) is 21.3 Å². The molecule has 0 atom stereocenters. The molecule has 162 valence electrons. The maximum atomic E-state index is 12.4. The molecule has 0 aromatic heterocycles. The Balaban J connectivity index is 1.50. The molecule has 0 aliphatic carbocycles. The lowest BCUT2D eigenvalue weighted by Gasteiger charge is -2.14. The first-order valence-corrected chi connectivity index (χ1v) is 9.88. The first-order chi connectivity index (χ1) is 15.0. The zero-order chi connectivity index (χ0) is 22.2. The summed E-state index contributed by atoms with van der Waals surface area (Å²) < 4.78 is 15.9. The quantitative estimate of drug-likeness (QED) is 0.553. The molecule has 3 rings (SSSR count). The van der Waals surface area contributed by atoms with E-state index in [0.717, 1.165) is 16.3 Å². The van der Waals surface area contributed by atoms with E-state index in [4.69, 9.17) is 14.2 Å². The van der Waals surface area contributed by atoms with Gasteiger partial charge in [-0.3, -0.25) is 9.59 Å². The molecule has 0 unspecified atom stereocenters. The van der Waals surface area contributed by atoms with Crippen LogP contribution in [0.5, 0.6) is 17.2 Å². The number of methoxy groups -OCH3 is 3. The summed E-state index contributed by atoms with van der Waals surface area (Å²) in [6.45, 7) is 0.543. The zero-order valence-corrected chi connectivity index (χ0v) is 17.9. The summed E-state index contributed by atoms with van der Waals surface area (Å²) >= 11 is 0. The van der Waals surface area contributed by atoms with Gasteiger partial charge in [-0.1, -0.05) is 30.3 Å². The van der Waals surface area contributed by atoms with Crippen LogP contribution in [0.25, 0.3) is 10.8 Å². The van der Waals surface area contributed by atoms with Gasteiger partial charge in [0.15, 0.2) is 11.5 Å². The first kappa shape index (κ1) is 22.0. The Labute approximate surface area is 181 Å². The third kappa shape index (κ3) is 5.45. The van der Waals surface area contributed by atoms with Crippen molar-refractivity contribution in [3.8, 4) is 17.2 Å². The first-order valence-electron chi connectivity index (χ1n) is 9.88. The average molecular weight is 422 g/mol. The highest BCUT2D eigenvalue weighted by atomic mass is 16.5. The van der Waals surface area contributed by atoms with Crippen LogP contribution in [0.1, 0.15) is 22.3 Å². The molecule has 2 amide bonds. The largest absolute Gasteiger partial charge is 0.493 e. The summed E-state index contributed by atoms with van der Waals surface area (Å²) in [5.74, 6) is 1.16. The van der Waals surface area contributed by atoms with Crippen molar-refractivity contribution in [2.45, 2.75) is 13.0 Å². The lowest BCUT2D eigenvalue weighted by atomic mass is 10.1. The van der Waals surface area contributed by atoms with Crippen molar-refractivity contribution >= 4 is 22.6 Å². The van der Waals surface area contributed by atoms with Gasteiger partial charge in [-0.25, -0.2) is 0 Å². The molecule has 0 radical (unpaired) electrons. The second-order valence-corrected chi connectivity index (χ2v) is 6.88. The van der Waals surface area contributed by atoms with E-state index >= 15 is 0 Å². The lowest BCUT2D eigenvalue weighted by Crippen LogP contribution is -2.30. The number of hydrogen-bond donors (Lipinski definition) is 2. The highest BCUT2D eigenvalue weighted by molar-refractivity contribution is 5.98. The lowest BCUT2D eigenvalue weighted by molar-refractivity contribution is -0.121.